The van der Waals surface area contributed by atoms with Crippen LogP contribution in [0, 0.1) is 5.82 Å². The van der Waals surface area contributed by atoms with Crippen molar-refractivity contribution >= 4 is 0 Å². The van der Waals surface area contributed by atoms with Crippen molar-refractivity contribution in [2.45, 2.75) is 25.4 Å². The Balaban J connectivity index is 1.83. The van der Waals surface area contributed by atoms with Crippen LogP contribution in [0.2, 0.25) is 0 Å². The van der Waals surface area contributed by atoms with Gasteiger partial charge in [-0.05, 0) is 25.5 Å². The summed E-state index contributed by atoms with van der Waals surface area (Å²) in [5, 5.41) is 3.40. The van der Waals surface area contributed by atoms with Crippen LogP contribution >= 0.6 is 0 Å². The number of nitrogens with one attached hydrogen (secondary N) is 1. The third-order valence-electron chi connectivity index (χ3n) is 3.69. The van der Waals surface area contributed by atoms with Gasteiger partial charge in [-0.2, -0.15) is 0 Å². The topological polar surface area (TPSA) is 24.5 Å². The zero-order chi connectivity index (χ0) is 13.5. The highest BCUT2D eigenvalue weighted by atomic mass is 19.1. The van der Waals surface area contributed by atoms with E-state index >= 15 is 0 Å². The summed E-state index contributed by atoms with van der Waals surface area (Å²) in [5.74, 6) is -0.0968. The molecule has 1 heterocycles. The average molecular weight is 266 g/mol. The molecule has 106 valence electrons. The van der Waals surface area contributed by atoms with Crippen LogP contribution in [0.25, 0.3) is 0 Å². The molecule has 1 atom stereocenters. The molecule has 0 amide bonds. The lowest BCUT2D eigenvalue weighted by Crippen LogP contribution is -2.38. The first-order valence-corrected chi connectivity index (χ1v) is 6.98. The summed E-state index contributed by atoms with van der Waals surface area (Å²) >= 11 is 0. The maximum atomic E-state index is 13.7. The van der Waals surface area contributed by atoms with Crippen LogP contribution in [0.4, 0.5) is 4.39 Å². The molecule has 19 heavy (non-hydrogen) atoms. The first kappa shape index (κ1) is 14.4. The molecular weight excluding hydrogens is 243 g/mol. The molecule has 0 saturated carbocycles. The minimum absolute atomic E-state index is 0.0968. The lowest BCUT2D eigenvalue weighted by Gasteiger charge is -2.25. The minimum Gasteiger partial charge on any atom is -0.383 e. The van der Waals surface area contributed by atoms with Crippen molar-refractivity contribution in [3.63, 3.8) is 0 Å². The molecule has 1 aromatic carbocycles. The molecule has 1 N–H and O–H groups in total. The summed E-state index contributed by atoms with van der Waals surface area (Å²) < 4.78 is 18.7. The Kier molecular flexibility index (Phi) is 5.76. The highest BCUT2D eigenvalue weighted by Gasteiger charge is 2.24. The molecule has 0 spiro atoms. The number of hydrogen-bond acceptors (Lipinski definition) is 3. The fourth-order valence-electron chi connectivity index (χ4n) is 2.62. The molecule has 3 nitrogen and oxygen atoms in total. The molecule has 1 unspecified atom stereocenters. The van der Waals surface area contributed by atoms with Crippen molar-refractivity contribution in [2.24, 2.45) is 0 Å². The van der Waals surface area contributed by atoms with Crippen LogP contribution in [0.1, 0.15) is 18.4 Å². The van der Waals surface area contributed by atoms with Gasteiger partial charge in [-0.1, -0.05) is 18.2 Å². The van der Waals surface area contributed by atoms with E-state index in [1.165, 1.54) is 18.9 Å². The maximum absolute atomic E-state index is 13.7. The molecule has 0 bridgehead atoms. The molecule has 1 aliphatic rings. The summed E-state index contributed by atoms with van der Waals surface area (Å²) in [6.07, 6.45) is 2.39. The van der Waals surface area contributed by atoms with Gasteiger partial charge in [0.1, 0.15) is 5.82 Å². The van der Waals surface area contributed by atoms with E-state index in [-0.39, 0.29) is 5.82 Å². The normalized spacial score (nSPS) is 20.0. The van der Waals surface area contributed by atoms with Gasteiger partial charge in [0, 0.05) is 38.3 Å². The van der Waals surface area contributed by atoms with E-state index in [4.69, 9.17) is 4.74 Å². The van der Waals surface area contributed by atoms with Gasteiger partial charge in [0.2, 0.25) is 0 Å². The molecule has 1 saturated heterocycles. The standard InChI is InChI=1S/C15H23FN2O/c1-19-10-8-17-11-14-6-4-9-18(14)12-13-5-2-3-7-15(13)16/h2-3,5,7,14,17H,4,6,8-12H2,1H3. The van der Waals surface area contributed by atoms with E-state index in [1.54, 1.807) is 13.2 Å². The number of halogens is 1. The Bertz CT molecular complexity index is 386. The Hall–Kier alpha value is -0.970. The SMILES string of the molecule is COCCNCC1CCCN1Cc1ccccc1F. The van der Waals surface area contributed by atoms with Crippen molar-refractivity contribution in [1.82, 2.24) is 10.2 Å². The minimum atomic E-state index is -0.0968. The maximum Gasteiger partial charge on any atom is 0.127 e. The second kappa shape index (κ2) is 7.58. The largest absolute Gasteiger partial charge is 0.383 e. The molecule has 0 aliphatic carbocycles. The van der Waals surface area contributed by atoms with Gasteiger partial charge in [0.15, 0.2) is 0 Å². The summed E-state index contributed by atoms with van der Waals surface area (Å²) in [5.41, 5.74) is 0.797. The molecule has 4 heteroatoms. The predicted molar refractivity (Wildman–Crippen MR) is 74.6 cm³/mol. The second-order valence-electron chi connectivity index (χ2n) is 5.05. The van der Waals surface area contributed by atoms with E-state index < -0.39 is 0 Å². The van der Waals surface area contributed by atoms with Crippen LogP contribution in [0.15, 0.2) is 24.3 Å². The fraction of sp³-hybridized carbons (Fsp3) is 0.600. The second-order valence-corrected chi connectivity index (χ2v) is 5.05. The number of rotatable bonds is 7. The molecule has 1 aromatic rings. The predicted octanol–water partition coefficient (Wildman–Crippen LogP) is 2.03. The summed E-state index contributed by atoms with van der Waals surface area (Å²) in [6.45, 7) is 4.34. The number of nitrogens with zero attached hydrogens (tertiary/aromatic N) is 1. The first-order valence-electron chi connectivity index (χ1n) is 6.98. The van der Waals surface area contributed by atoms with Gasteiger partial charge in [-0.15, -0.1) is 0 Å². The van der Waals surface area contributed by atoms with E-state index in [9.17, 15) is 4.39 Å². The fourth-order valence-corrected chi connectivity index (χ4v) is 2.62. The smallest absolute Gasteiger partial charge is 0.127 e. The third-order valence-corrected chi connectivity index (χ3v) is 3.69. The number of ether oxygens (including phenoxy) is 1. The van der Waals surface area contributed by atoms with Crippen LogP contribution < -0.4 is 5.32 Å². The molecular formula is C15H23FN2O. The van der Waals surface area contributed by atoms with Gasteiger partial charge in [0.25, 0.3) is 0 Å². The van der Waals surface area contributed by atoms with Crippen molar-refractivity contribution in [2.75, 3.05) is 33.4 Å². The Morgan fingerprint density at radius 3 is 3.05 bits per heavy atom. The van der Waals surface area contributed by atoms with Crippen LogP contribution in [0.3, 0.4) is 0 Å². The van der Waals surface area contributed by atoms with Gasteiger partial charge in [0.05, 0.1) is 6.61 Å². The van der Waals surface area contributed by atoms with Crippen LogP contribution in [-0.2, 0) is 11.3 Å². The highest BCUT2D eigenvalue weighted by Crippen LogP contribution is 2.20. The summed E-state index contributed by atoms with van der Waals surface area (Å²) in [6, 6.07) is 7.57. The molecule has 2 rings (SSSR count). The first-order chi connectivity index (χ1) is 9.31. The monoisotopic (exact) mass is 266 g/mol. The number of hydrogen-bond donors (Lipinski definition) is 1. The van der Waals surface area contributed by atoms with Crippen molar-refractivity contribution in [1.29, 1.82) is 0 Å². The van der Waals surface area contributed by atoms with E-state index in [0.29, 0.717) is 12.6 Å². The van der Waals surface area contributed by atoms with Crippen LogP contribution in [0.5, 0.6) is 0 Å². The zero-order valence-corrected chi connectivity index (χ0v) is 11.6. The van der Waals surface area contributed by atoms with Gasteiger partial charge in [-0.3, -0.25) is 4.90 Å². The Labute approximate surface area is 114 Å². The highest BCUT2D eigenvalue weighted by molar-refractivity contribution is 5.17. The van der Waals surface area contributed by atoms with Gasteiger partial charge < -0.3 is 10.1 Å². The van der Waals surface area contributed by atoms with Gasteiger partial charge in [-0.25, -0.2) is 4.39 Å². The average Bonchev–Trinajstić information content (AvgIpc) is 2.85. The quantitative estimate of drug-likeness (QED) is 0.764. The molecule has 0 aromatic heterocycles. The summed E-state index contributed by atoms with van der Waals surface area (Å²) in [4.78, 5) is 2.37. The lowest BCUT2D eigenvalue weighted by atomic mass is 10.1. The molecule has 1 aliphatic heterocycles. The van der Waals surface area contributed by atoms with E-state index in [2.05, 4.69) is 10.2 Å². The van der Waals surface area contributed by atoms with Crippen molar-refractivity contribution < 1.29 is 9.13 Å². The molecule has 0 radical (unpaired) electrons. The van der Waals surface area contributed by atoms with Crippen molar-refractivity contribution in [3.05, 3.63) is 35.6 Å². The third kappa shape index (κ3) is 4.27. The lowest BCUT2D eigenvalue weighted by molar-refractivity contribution is 0.190. The number of likely N-dealkylation sites (tertiary alicyclic amines) is 1. The van der Waals surface area contributed by atoms with E-state index in [0.717, 1.165) is 31.8 Å². The number of benzene rings is 1. The Morgan fingerprint density at radius 1 is 1.42 bits per heavy atom. The van der Waals surface area contributed by atoms with Crippen LogP contribution in [-0.4, -0.2) is 44.3 Å². The zero-order valence-electron chi connectivity index (χ0n) is 11.6. The molecule has 1 fully saturated rings. The van der Waals surface area contributed by atoms with Crippen molar-refractivity contribution in [3.8, 4) is 0 Å². The summed E-state index contributed by atoms with van der Waals surface area (Å²) in [7, 11) is 1.71. The Morgan fingerprint density at radius 2 is 2.26 bits per heavy atom. The van der Waals surface area contributed by atoms with E-state index in [1.807, 2.05) is 12.1 Å². The van der Waals surface area contributed by atoms with Gasteiger partial charge >= 0.3 is 0 Å². The number of methoxy groups -OCH3 is 1.